The third kappa shape index (κ3) is 5.00. The van der Waals surface area contributed by atoms with Crippen LogP contribution in [-0.2, 0) is 0 Å². The lowest BCUT2D eigenvalue weighted by Crippen LogP contribution is -2.51. The Bertz CT molecular complexity index is 740. The van der Waals surface area contributed by atoms with Gasteiger partial charge in [0, 0.05) is 0 Å². The summed E-state index contributed by atoms with van der Waals surface area (Å²) in [6.45, 7) is 9.03. The molecule has 5 aliphatic rings. The van der Waals surface area contributed by atoms with Crippen molar-refractivity contribution < 1.29 is 14.6 Å². The summed E-state index contributed by atoms with van der Waals surface area (Å²) in [4.78, 5) is 0. The summed E-state index contributed by atoms with van der Waals surface area (Å²) in [6, 6.07) is 0. The highest BCUT2D eigenvalue weighted by Crippen LogP contribution is 2.66. The molecule has 0 aliphatic heterocycles. The van der Waals surface area contributed by atoms with Crippen molar-refractivity contribution in [1.82, 2.24) is 0 Å². The molecule has 0 spiro atoms. The highest BCUT2D eigenvalue weighted by Gasteiger charge is 2.58. The van der Waals surface area contributed by atoms with Crippen molar-refractivity contribution in [2.24, 2.45) is 46.8 Å². The van der Waals surface area contributed by atoms with Crippen LogP contribution < -0.4 is 0 Å². The molecule has 0 amide bonds. The minimum absolute atomic E-state index is 0.374. The number of halogens is 1. The van der Waals surface area contributed by atoms with E-state index in [1.165, 1.54) is 51.4 Å². The second kappa shape index (κ2) is 9.55. The van der Waals surface area contributed by atoms with E-state index in [2.05, 4.69) is 20.8 Å². The molecular weight excluding hydrogens is 435 g/mol. The Balaban J connectivity index is 1.17. The average Bonchev–Trinajstić information content (AvgIpc) is 3.18. The summed E-state index contributed by atoms with van der Waals surface area (Å²) < 4.78 is 14.2. The van der Waals surface area contributed by atoms with E-state index in [9.17, 15) is 14.6 Å². The summed E-state index contributed by atoms with van der Waals surface area (Å²) >= 11 is 0. The van der Waals surface area contributed by atoms with Gasteiger partial charge in [-0.25, -0.2) is 4.39 Å². The maximum Gasteiger partial charge on any atom is 0.108 e. The molecule has 0 heterocycles. The molecule has 5 rings (SSSR count). The topological polar surface area (TPSA) is 40.5 Å². The van der Waals surface area contributed by atoms with Crippen molar-refractivity contribution in [2.75, 3.05) is 0 Å². The molecule has 5 aliphatic carbocycles. The van der Waals surface area contributed by atoms with E-state index in [-0.39, 0.29) is 5.60 Å². The van der Waals surface area contributed by atoms with E-state index in [4.69, 9.17) is 0 Å². The van der Waals surface area contributed by atoms with Gasteiger partial charge in [0.15, 0.2) is 0 Å². The summed E-state index contributed by atoms with van der Waals surface area (Å²) in [5.41, 5.74) is -1.56. The maximum atomic E-state index is 14.2. The fourth-order valence-electron chi connectivity index (χ4n) is 10.7. The Morgan fingerprint density at radius 2 is 1.51 bits per heavy atom. The van der Waals surface area contributed by atoms with Crippen molar-refractivity contribution in [3.8, 4) is 0 Å². The molecule has 0 aromatic heterocycles. The lowest BCUT2D eigenvalue weighted by Gasteiger charge is -2.57. The van der Waals surface area contributed by atoms with Crippen molar-refractivity contribution >= 4 is 0 Å². The normalized spacial score (nSPS) is 52.9. The van der Waals surface area contributed by atoms with Crippen LogP contribution in [0.2, 0.25) is 0 Å². The van der Waals surface area contributed by atoms with Gasteiger partial charge in [0.1, 0.15) is 5.67 Å². The fraction of sp³-hybridized carbons (Fsp3) is 1.00. The van der Waals surface area contributed by atoms with Crippen LogP contribution in [0, 0.1) is 46.8 Å². The standard InChI is InChI=1S/C32H55FO2/c1-5-31(34)16-13-24-23(21-31)8-9-26-25(24)12-15-30(4)27(10-11-28(26)30)22(2)7-6-14-32(35)19-17-29(3,33)18-20-32/h22-28,34-35H,5-21H2,1-4H3/t22-,23+,24+,25-,26-,27-,28+,29?,30-,31+,32?/m1/s1. The van der Waals surface area contributed by atoms with E-state index in [1.54, 1.807) is 6.92 Å². The van der Waals surface area contributed by atoms with E-state index >= 15 is 0 Å². The third-order valence-electron chi connectivity index (χ3n) is 13.0. The SMILES string of the molecule is CC[C@]1(O)CC[C@H]2[C@@H](CC[C@@H]3[C@@H]2CC[C@]2(C)[C@@H]([C@H](C)CCCC4(O)CCC(C)(F)CC4)CC[C@@H]32)C1. The molecule has 202 valence electrons. The average molecular weight is 491 g/mol. The lowest BCUT2D eigenvalue weighted by atomic mass is 9.48. The summed E-state index contributed by atoms with van der Waals surface area (Å²) in [7, 11) is 0. The van der Waals surface area contributed by atoms with Crippen LogP contribution in [0.25, 0.3) is 0 Å². The lowest BCUT2D eigenvalue weighted by molar-refractivity contribution is -0.109. The van der Waals surface area contributed by atoms with Crippen LogP contribution in [0.15, 0.2) is 0 Å². The largest absolute Gasteiger partial charge is 0.390 e. The van der Waals surface area contributed by atoms with Gasteiger partial charge in [0.05, 0.1) is 11.2 Å². The van der Waals surface area contributed by atoms with E-state index in [1.807, 2.05) is 0 Å². The molecule has 0 bridgehead atoms. The number of hydrogen-bond acceptors (Lipinski definition) is 2. The van der Waals surface area contributed by atoms with Gasteiger partial charge < -0.3 is 10.2 Å². The van der Waals surface area contributed by atoms with Gasteiger partial charge in [-0.1, -0.05) is 33.6 Å². The van der Waals surface area contributed by atoms with Gasteiger partial charge in [-0.3, -0.25) is 0 Å². The minimum Gasteiger partial charge on any atom is -0.390 e. The smallest absolute Gasteiger partial charge is 0.108 e. The Morgan fingerprint density at radius 3 is 2.23 bits per heavy atom. The molecule has 0 radical (unpaired) electrons. The molecule has 5 saturated carbocycles. The van der Waals surface area contributed by atoms with Crippen molar-refractivity contribution in [3.05, 3.63) is 0 Å². The number of rotatable bonds is 6. The predicted octanol–water partition coefficient (Wildman–Crippen LogP) is 8.24. The molecule has 0 aromatic rings. The van der Waals surface area contributed by atoms with E-state index < -0.39 is 11.3 Å². The molecule has 2 N–H and O–H groups in total. The maximum absolute atomic E-state index is 14.2. The highest BCUT2D eigenvalue weighted by atomic mass is 19.1. The summed E-state index contributed by atoms with van der Waals surface area (Å²) in [6.07, 6.45) is 18.2. The zero-order valence-corrected chi connectivity index (χ0v) is 23.3. The van der Waals surface area contributed by atoms with E-state index in [0.717, 1.165) is 73.5 Å². The number of hydrogen-bond donors (Lipinski definition) is 2. The Morgan fingerprint density at radius 1 is 0.800 bits per heavy atom. The van der Waals surface area contributed by atoms with Crippen LogP contribution in [0.5, 0.6) is 0 Å². The number of aliphatic hydroxyl groups is 2. The molecular formula is C32H55FO2. The Hall–Kier alpha value is -0.150. The van der Waals surface area contributed by atoms with Gasteiger partial charge in [0.2, 0.25) is 0 Å². The van der Waals surface area contributed by atoms with Crippen LogP contribution in [0.1, 0.15) is 137 Å². The zero-order valence-electron chi connectivity index (χ0n) is 23.3. The minimum atomic E-state index is -1.07. The summed E-state index contributed by atoms with van der Waals surface area (Å²) in [5.74, 6) is 5.97. The van der Waals surface area contributed by atoms with Crippen molar-refractivity contribution in [2.45, 2.75) is 154 Å². The second-order valence-electron chi connectivity index (χ2n) is 15.0. The predicted molar refractivity (Wildman–Crippen MR) is 142 cm³/mol. The molecule has 9 atom stereocenters. The first-order valence-corrected chi connectivity index (χ1v) is 15.6. The first kappa shape index (κ1) is 26.5. The molecule has 3 heteroatoms. The zero-order chi connectivity index (χ0) is 25.1. The van der Waals surface area contributed by atoms with Gasteiger partial charge in [0.25, 0.3) is 0 Å². The van der Waals surface area contributed by atoms with Crippen molar-refractivity contribution in [3.63, 3.8) is 0 Å². The van der Waals surface area contributed by atoms with Gasteiger partial charge >= 0.3 is 0 Å². The second-order valence-corrected chi connectivity index (χ2v) is 15.0. The van der Waals surface area contributed by atoms with Crippen molar-refractivity contribution in [1.29, 1.82) is 0 Å². The first-order chi connectivity index (χ1) is 16.5. The molecule has 0 aromatic carbocycles. The molecule has 0 unspecified atom stereocenters. The molecule has 2 nitrogen and oxygen atoms in total. The van der Waals surface area contributed by atoms with Gasteiger partial charge in [-0.15, -0.1) is 0 Å². The highest BCUT2D eigenvalue weighted by molar-refractivity contribution is 5.07. The van der Waals surface area contributed by atoms with Gasteiger partial charge in [-0.2, -0.15) is 0 Å². The van der Waals surface area contributed by atoms with Crippen LogP contribution in [-0.4, -0.2) is 27.1 Å². The molecule has 35 heavy (non-hydrogen) atoms. The van der Waals surface area contributed by atoms with Crippen LogP contribution >= 0.6 is 0 Å². The first-order valence-electron chi connectivity index (χ1n) is 15.6. The quantitative estimate of drug-likeness (QED) is 0.393. The number of fused-ring (bicyclic) bond motifs is 5. The summed E-state index contributed by atoms with van der Waals surface area (Å²) in [5, 5.41) is 22.0. The van der Waals surface area contributed by atoms with Crippen LogP contribution in [0.3, 0.4) is 0 Å². The fourth-order valence-corrected chi connectivity index (χ4v) is 10.7. The molecule has 5 fully saturated rings. The van der Waals surface area contributed by atoms with Gasteiger partial charge in [-0.05, 0) is 150 Å². The monoisotopic (exact) mass is 490 g/mol. The van der Waals surface area contributed by atoms with E-state index in [0.29, 0.717) is 31.1 Å². The van der Waals surface area contributed by atoms with Crippen LogP contribution in [0.4, 0.5) is 4.39 Å². The Kier molecular flexibility index (Phi) is 7.22. The third-order valence-corrected chi connectivity index (χ3v) is 13.0. The Labute approximate surface area is 215 Å². The number of alkyl halides is 1. The molecule has 0 saturated heterocycles.